The zero-order chi connectivity index (χ0) is 31.3. The van der Waals surface area contributed by atoms with Gasteiger partial charge in [0.05, 0.1) is 12.2 Å². The van der Waals surface area contributed by atoms with Gasteiger partial charge < -0.3 is 4.74 Å². The Hall–Kier alpha value is -3.60. The lowest BCUT2D eigenvalue weighted by molar-refractivity contribution is -0.0151. The van der Waals surface area contributed by atoms with Gasteiger partial charge in [-0.25, -0.2) is 12.8 Å². The highest BCUT2D eigenvalue weighted by atomic mass is 32.3. The lowest BCUT2D eigenvalue weighted by Gasteiger charge is -2.40. The molecule has 0 aromatic heterocycles. The first-order valence-corrected chi connectivity index (χ1v) is 16.5. The highest BCUT2D eigenvalue weighted by molar-refractivity contribution is 8.33. The van der Waals surface area contributed by atoms with Crippen LogP contribution in [0.3, 0.4) is 0 Å². The van der Waals surface area contributed by atoms with E-state index in [2.05, 4.69) is 0 Å². The molecule has 0 aliphatic carbocycles. The van der Waals surface area contributed by atoms with E-state index in [-0.39, 0.29) is 11.0 Å². The SMILES string of the molecule is CC(C)(C)c1ccc(C(=O)OCCC(F)C(F)(F)S(=O)(=O)OS(c2ccccc2)(c2ccccc2)c2ccccc2)cc1. The predicted octanol–water partition coefficient (Wildman–Crippen LogP) is 8.71. The van der Waals surface area contributed by atoms with Gasteiger partial charge in [0.15, 0.2) is 6.17 Å². The van der Waals surface area contributed by atoms with Crippen LogP contribution >= 0.6 is 10.3 Å². The fourth-order valence-corrected chi connectivity index (χ4v) is 9.56. The first-order valence-electron chi connectivity index (χ1n) is 13.5. The van der Waals surface area contributed by atoms with Crippen LogP contribution in [0.1, 0.15) is 43.1 Å². The van der Waals surface area contributed by atoms with Gasteiger partial charge in [-0.05, 0) is 69.8 Å². The quantitative estimate of drug-likeness (QED) is 0.155. The molecule has 4 rings (SSSR count). The van der Waals surface area contributed by atoms with Crippen molar-refractivity contribution in [3.63, 3.8) is 0 Å². The lowest BCUT2D eigenvalue weighted by atomic mass is 9.87. The number of rotatable bonds is 11. The largest absolute Gasteiger partial charge is 0.462 e. The lowest BCUT2D eigenvalue weighted by Crippen LogP contribution is -2.41. The van der Waals surface area contributed by atoms with Crippen molar-refractivity contribution in [2.75, 3.05) is 6.61 Å². The van der Waals surface area contributed by atoms with Gasteiger partial charge in [-0.15, -0.1) is 0 Å². The second-order valence-electron chi connectivity index (χ2n) is 10.8. The molecule has 4 aromatic rings. The first kappa shape index (κ1) is 32.3. The number of carbonyl (C=O) groups is 1. The van der Waals surface area contributed by atoms with E-state index in [0.29, 0.717) is 14.7 Å². The zero-order valence-corrected chi connectivity index (χ0v) is 25.6. The molecule has 0 heterocycles. The normalized spacial score (nSPS) is 13.7. The number of alkyl halides is 3. The van der Waals surface area contributed by atoms with Crippen LogP contribution in [0.4, 0.5) is 13.2 Å². The van der Waals surface area contributed by atoms with E-state index < -0.39 is 50.9 Å². The molecule has 1 atom stereocenters. The van der Waals surface area contributed by atoms with Crippen LogP contribution in [0, 0.1) is 0 Å². The van der Waals surface area contributed by atoms with E-state index in [9.17, 15) is 13.2 Å². The summed E-state index contributed by atoms with van der Waals surface area (Å²) in [5, 5.41) is -4.95. The summed E-state index contributed by atoms with van der Waals surface area (Å²) in [6.45, 7) is 5.25. The molecule has 10 heteroatoms. The fraction of sp³-hybridized carbons (Fsp3) is 0.242. The number of benzene rings is 4. The van der Waals surface area contributed by atoms with Gasteiger partial charge in [0.1, 0.15) is 0 Å². The van der Waals surface area contributed by atoms with E-state index in [4.69, 9.17) is 8.37 Å². The van der Waals surface area contributed by atoms with E-state index in [0.717, 1.165) is 5.56 Å². The van der Waals surface area contributed by atoms with Crippen molar-refractivity contribution < 1.29 is 34.7 Å². The van der Waals surface area contributed by atoms with Gasteiger partial charge in [0.25, 0.3) is 0 Å². The van der Waals surface area contributed by atoms with Crippen LogP contribution in [0.5, 0.6) is 0 Å². The molecule has 43 heavy (non-hydrogen) atoms. The average molecular weight is 631 g/mol. The van der Waals surface area contributed by atoms with Gasteiger partial charge in [0.2, 0.25) is 0 Å². The Labute approximate surface area is 252 Å². The summed E-state index contributed by atoms with van der Waals surface area (Å²) in [5.74, 6) is -0.837. The van der Waals surface area contributed by atoms with E-state index >= 15 is 13.2 Å². The Morgan fingerprint density at radius 1 is 0.721 bits per heavy atom. The number of hydrogen-bond donors (Lipinski definition) is 0. The molecular formula is C33H33F3O5S2. The molecule has 4 aromatic carbocycles. The Balaban J connectivity index is 1.59. The van der Waals surface area contributed by atoms with Gasteiger partial charge in [-0.1, -0.05) is 87.5 Å². The molecule has 0 aliphatic rings. The Morgan fingerprint density at radius 2 is 1.14 bits per heavy atom. The maximum Gasteiger partial charge on any atom is 0.401 e. The van der Waals surface area contributed by atoms with Crippen LogP contribution in [0.15, 0.2) is 130 Å². The molecule has 5 nitrogen and oxygen atoms in total. The highest BCUT2D eigenvalue weighted by Gasteiger charge is 2.57. The van der Waals surface area contributed by atoms with Crippen molar-refractivity contribution >= 4 is 26.4 Å². The smallest absolute Gasteiger partial charge is 0.401 e. The minimum absolute atomic E-state index is 0.149. The third kappa shape index (κ3) is 6.98. The molecule has 0 N–H and O–H groups in total. The average Bonchev–Trinajstić information content (AvgIpc) is 3.00. The molecule has 1 unspecified atom stereocenters. The predicted molar refractivity (Wildman–Crippen MR) is 162 cm³/mol. The minimum Gasteiger partial charge on any atom is -0.462 e. The summed E-state index contributed by atoms with van der Waals surface area (Å²) in [4.78, 5) is 13.4. The van der Waals surface area contributed by atoms with Crippen molar-refractivity contribution in [1.29, 1.82) is 0 Å². The number of esters is 1. The summed E-state index contributed by atoms with van der Waals surface area (Å²) < 4.78 is 83.3. The maximum absolute atomic E-state index is 15.5. The Bertz CT molecular complexity index is 1510. The molecule has 0 bridgehead atoms. The molecule has 0 amide bonds. The van der Waals surface area contributed by atoms with Crippen LogP contribution in [0.25, 0.3) is 0 Å². The molecular weight excluding hydrogens is 597 g/mol. The van der Waals surface area contributed by atoms with Crippen LogP contribution in [0.2, 0.25) is 0 Å². The van der Waals surface area contributed by atoms with Crippen molar-refractivity contribution in [1.82, 2.24) is 0 Å². The third-order valence-corrected chi connectivity index (χ3v) is 12.0. The van der Waals surface area contributed by atoms with Crippen molar-refractivity contribution in [3.8, 4) is 0 Å². The summed E-state index contributed by atoms with van der Waals surface area (Å²) >= 11 is 0. The van der Waals surface area contributed by atoms with Crippen LogP contribution in [-0.4, -0.2) is 32.4 Å². The maximum atomic E-state index is 15.5. The van der Waals surface area contributed by atoms with Crippen LogP contribution in [-0.2, 0) is 23.9 Å². The zero-order valence-electron chi connectivity index (χ0n) is 24.0. The molecule has 0 saturated carbocycles. The second kappa shape index (κ2) is 13.0. The number of hydrogen-bond acceptors (Lipinski definition) is 5. The summed E-state index contributed by atoms with van der Waals surface area (Å²) in [6.07, 6.45) is -4.28. The van der Waals surface area contributed by atoms with Gasteiger partial charge in [0, 0.05) is 21.1 Å². The van der Waals surface area contributed by atoms with Gasteiger partial charge >= 0.3 is 21.3 Å². The van der Waals surface area contributed by atoms with E-state index in [1.165, 1.54) is 12.1 Å². The summed E-state index contributed by atoms with van der Waals surface area (Å²) in [7, 11) is -9.21. The highest BCUT2D eigenvalue weighted by Crippen LogP contribution is 2.70. The van der Waals surface area contributed by atoms with E-state index in [1.54, 1.807) is 103 Å². The topological polar surface area (TPSA) is 69.7 Å². The third-order valence-electron chi connectivity index (χ3n) is 6.71. The first-order chi connectivity index (χ1) is 20.3. The monoisotopic (exact) mass is 630 g/mol. The number of ether oxygens (including phenoxy) is 1. The Morgan fingerprint density at radius 3 is 1.53 bits per heavy atom. The summed E-state index contributed by atoms with van der Waals surface area (Å²) in [6, 6.07) is 31.0. The fourth-order valence-electron chi connectivity index (χ4n) is 4.31. The second-order valence-corrected chi connectivity index (χ2v) is 15.3. The number of carbonyl (C=O) groups excluding carboxylic acids is 1. The molecule has 0 aliphatic heterocycles. The minimum atomic E-state index is -5.89. The van der Waals surface area contributed by atoms with Crippen LogP contribution < -0.4 is 0 Å². The molecule has 0 spiro atoms. The molecule has 0 radical (unpaired) electrons. The van der Waals surface area contributed by atoms with Crippen molar-refractivity contribution in [3.05, 3.63) is 126 Å². The number of halogens is 3. The van der Waals surface area contributed by atoms with Crippen molar-refractivity contribution in [2.24, 2.45) is 0 Å². The van der Waals surface area contributed by atoms with E-state index in [1.807, 2.05) is 20.8 Å². The standard InChI is InChI=1S/C33H33F3O5S2/c1-32(2,3)26-21-19-25(20-22-26)31(37)40-24-23-30(34)33(35,36)43(38,39)41-42(27-13-7-4-8-14-27,28-15-9-5-10-16-28)29-17-11-6-12-18-29/h4-22,30H,23-24H2,1-3H3. The Kier molecular flexibility index (Phi) is 9.73. The molecule has 228 valence electrons. The van der Waals surface area contributed by atoms with Crippen molar-refractivity contribution in [2.45, 2.75) is 58.7 Å². The molecule has 0 fully saturated rings. The summed E-state index contributed by atoms with van der Waals surface area (Å²) in [5.41, 5.74) is 0.981. The van der Waals surface area contributed by atoms with Gasteiger partial charge in [-0.2, -0.15) is 17.2 Å². The van der Waals surface area contributed by atoms with Gasteiger partial charge in [-0.3, -0.25) is 0 Å². The molecule has 0 saturated heterocycles.